The smallest absolute Gasteiger partial charge is 0.258 e. The molecule has 2 atom stereocenters. The maximum Gasteiger partial charge on any atom is 0.258 e. The van der Waals surface area contributed by atoms with Gasteiger partial charge in [0, 0.05) is 11.3 Å². The van der Waals surface area contributed by atoms with E-state index in [1.54, 1.807) is 56.5 Å². The molecule has 0 aliphatic carbocycles. The van der Waals surface area contributed by atoms with Gasteiger partial charge in [0.2, 0.25) is 5.91 Å². The Labute approximate surface area is 203 Å². The monoisotopic (exact) mass is 473 g/mol. The van der Waals surface area contributed by atoms with Gasteiger partial charge in [-0.2, -0.15) is 0 Å². The van der Waals surface area contributed by atoms with Gasteiger partial charge in [-0.15, -0.1) is 0 Å². The maximum absolute atomic E-state index is 13.5. The third-order valence-corrected chi connectivity index (χ3v) is 6.00. The largest absolute Gasteiger partial charge is 0.497 e. The van der Waals surface area contributed by atoms with Crippen molar-refractivity contribution in [2.45, 2.75) is 25.8 Å². The first kappa shape index (κ1) is 23.8. The van der Waals surface area contributed by atoms with Crippen LogP contribution in [0.1, 0.15) is 25.3 Å². The highest BCUT2D eigenvalue weighted by atomic mass is 16.5. The van der Waals surface area contributed by atoms with Gasteiger partial charge in [0.05, 0.1) is 18.7 Å². The number of hydrogen-bond acceptors (Lipinski definition) is 6. The van der Waals surface area contributed by atoms with Crippen molar-refractivity contribution in [3.05, 3.63) is 72.3 Å². The van der Waals surface area contributed by atoms with Gasteiger partial charge in [0.15, 0.2) is 6.61 Å². The number of benzene rings is 3. The van der Waals surface area contributed by atoms with Gasteiger partial charge >= 0.3 is 0 Å². The molecule has 0 radical (unpaired) electrons. The molecule has 3 N–H and O–H groups in total. The lowest BCUT2D eigenvalue weighted by molar-refractivity contribution is -0.131. The number of imide groups is 1. The minimum absolute atomic E-state index is 0.288. The molecular weight excluding hydrogens is 446 g/mol. The number of fused-ring (bicyclic) bond motifs is 3. The molecule has 1 aliphatic rings. The van der Waals surface area contributed by atoms with Crippen LogP contribution in [0, 0.1) is 0 Å². The third kappa shape index (κ3) is 4.68. The average molecular weight is 474 g/mol. The zero-order chi connectivity index (χ0) is 25.1. The summed E-state index contributed by atoms with van der Waals surface area (Å²) < 4.78 is 10.6. The van der Waals surface area contributed by atoms with Gasteiger partial charge < -0.3 is 20.5 Å². The van der Waals surface area contributed by atoms with Crippen LogP contribution in [0.15, 0.2) is 66.7 Å². The van der Waals surface area contributed by atoms with Crippen LogP contribution in [0.25, 0.3) is 11.1 Å². The second kappa shape index (κ2) is 9.89. The molecule has 4 rings (SSSR count). The summed E-state index contributed by atoms with van der Waals surface area (Å²) in [6.07, 6.45) is 0. The number of nitrogens with one attached hydrogen (secondary N) is 1. The topological polar surface area (TPSA) is 111 Å². The van der Waals surface area contributed by atoms with Gasteiger partial charge in [-0.3, -0.25) is 14.4 Å². The summed E-state index contributed by atoms with van der Waals surface area (Å²) >= 11 is 0. The van der Waals surface area contributed by atoms with Crippen LogP contribution >= 0.6 is 0 Å². The molecule has 0 spiro atoms. The van der Waals surface area contributed by atoms with Gasteiger partial charge in [-0.1, -0.05) is 30.3 Å². The molecule has 1 heterocycles. The molecule has 3 aromatic carbocycles. The van der Waals surface area contributed by atoms with Crippen molar-refractivity contribution in [3.8, 4) is 22.6 Å². The summed E-state index contributed by atoms with van der Waals surface area (Å²) in [5.74, 6) is -0.864. The van der Waals surface area contributed by atoms with E-state index in [9.17, 15) is 14.4 Å². The molecule has 0 saturated heterocycles. The lowest BCUT2D eigenvalue weighted by Gasteiger charge is -2.26. The molecule has 35 heavy (non-hydrogen) atoms. The van der Waals surface area contributed by atoms with Crippen LogP contribution in [-0.4, -0.2) is 37.5 Å². The molecular formula is C27H27N3O5. The second-order valence-corrected chi connectivity index (χ2v) is 8.32. The third-order valence-electron chi connectivity index (χ3n) is 6.00. The molecule has 1 aliphatic heterocycles. The van der Waals surface area contributed by atoms with Crippen molar-refractivity contribution in [2.75, 3.05) is 24.4 Å². The molecule has 1 unspecified atom stereocenters. The number of anilines is 2. The molecule has 8 nitrogen and oxygen atoms in total. The lowest BCUT2D eigenvalue weighted by atomic mass is 9.92. The number of amides is 3. The summed E-state index contributed by atoms with van der Waals surface area (Å²) in [4.78, 5) is 40.6. The van der Waals surface area contributed by atoms with E-state index in [2.05, 4.69) is 5.32 Å². The Bertz CT molecular complexity index is 1270. The SMILES string of the molecule is COc1ccc(OCC(=O)N[C@@H](C)C(=O)N2C(=O)C(C)c3ccccc3-c3c(N)cccc32)cc1. The summed E-state index contributed by atoms with van der Waals surface area (Å²) in [5, 5.41) is 2.63. The van der Waals surface area contributed by atoms with Crippen LogP contribution < -0.4 is 25.4 Å². The van der Waals surface area contributed by atoms with E-state index in [1.165, 1.54) is 6.92 Å². The highest BCUT2D eigenvalue weighted by molar-refractivity contribution is 6.22. The van der Waals surface area contributed by atoms with E-state index < -0.39 is 23.8 Å². The van der Waals surface area contributed by atoms with Gasteiger partial charge in [-0.05, 0) is 61.4 Å². The molecule has 0 bridgehead atoms. The minimum atomic E-state index is -0.978. The van der Waals surface area contributed by atoms with Crippen molar-refractivity contribution in [1.82, 2.24) is 5.32 Å². The summed E-state index contributed by atoms with van der Waals surface area (Å²) in [6, 6.07) is 18.4. The maximum atomic E-state index is 13.5. The number of hydrogen-bond donors (Lipinski definition) is 2. The number of ether oxygens (including phenoxy) is 2. The highest BCUT2D eigenvalue weighted by Gasteiger charge is 2.37. The molecule has 0 fully saturated rings. The average Bonchev–Trinajstić information content (AvgIpc) is 2.96. The Morgan fingerprint density at radius 3 is 2.43 bits per heavy atom. The quantitative estimate of drug-likeness (QED) is 0.530. The first-order valence-electron chi connectivity index (χ1n) is 11.2. The summed E-state index contributed by atoms with van der Waals surface area (Å²) in [5.41, 5.74) is 9.37. The number of carbonyl (C=O) groups excluding carboxylic acids is 3. The Morgan fingerprint density at radius 1 is 1.03 bits per heavy atom. The minimum Gasteiger partial charge on any atom is -0.497 e. The van der Waals surface area contributed by atoms with Crippen LogP contribution in [0.4, 0.5) is 11.4 Å². The first-order chi connectivity index (χ1) is 16.8. The number of nitrogens with zero attached hydrogens (tertiary/aromatic N) is 1. The van der Waals surface area contributed by atoms with Crippen molar-refractivity contribution < 1.29 is 23.9 Å². The Kier molecular flexibility index (Phi) is 6.73. The number of rotatable bonds is 6. The molecule has 180 valence electrons. The van der Waals surface area contributed by atoms with Gasteiger partial charge in [0.1, 0.15) is 17.5 Å². The molecule has 0 saturated carbocycles. The zero-order valence-corrected chi connectivity index (χ0v) is 19.8. The van der Waals surface area contributed by atoms with Crippen molar-refractivity contribution in [3.63, 3.8) is 0 Å². The molecule has 8 heteroatoms. The standard InChI is InChI=1S/C27H27N3O5/c1-16-20-7-4-5-8-21(20)25-22(28)9-6-10-23(25)30(26(16)32)27(33)17(2)29-24(31)15-35-19-13-11-18(34-3)12-14-19/h4-14,16-17H,15,28H2,1-3H3,(H,29,31)/t16?,17-/m0/s1. The van der Waals surface area contributed by atoms with Crippen LogP contribution in [0.5, 0.6) is 11.5 Å². The van der Waals surface area contributed by atoms with Crippen LogP contribution in [0.3, 0.4) is 0 Å². The van der Waals surface area contributed by atoms with E-state index in [4.69, 9.17) is 15.2 Å². The van der Waals surface area contributed by atoms with Gasteiger partial charge in [0.25, 0.3) is 11.8 Å². The number of nitrogen functional groups attached to an aromatic ring is 1. The number of carbonyl (C=O) groups is 3. The predicted molar refractivity (Wildman–Crippen MR) is 133 cm³/mol. The van der Waals surface area contributed by atoms with E-state index in [-0.39, 0.29) is 12.5 Å². The summed E-state index contributed by atoms with van der Waals surface area (Å²) in [7, 11) is 1.56. The number of methoxy groups -OCH3 is 1. The Morgan fingerprint density at radius 2 is 1.71 bits per heavy atom. The lowest BCUT2D eigenvalue weighted by Crippen LogP contribution is -2.51. The second-order valence-electron chi connectivity index (χ2n) is 8.32. The van der Waals surface area contributed by atoms with Crippen molar-refractivity contribution in [2.24, 2.45) is 0 Å². The highest BCUT2D eigenvalue weighted by Crippen LogP contribution is 2.44. The van der Waals surface area contributed by atoms with E-state index in [1.807, 2.05) is 24.3 Å². The fourth-order valence-corrected chi connectivity index (χ4v) is 4.17. The zero-order valence-electron chi connectivity index (χ0n) is 19.8. The number of nitrogens with two attached hydrogens (primary N) is 1. The van der Waals surface area contributed by atoms with Crippen LogP contribution in [-0.2, 0) is 14.4 Å². The van der Waals surface area contributed by atoms with E-state index in [0.29, 0.717) is 28.4 Å². The fourth-order valence-electron chi connectivity index (χ4n) is 4.17. The summed E-state index contributed by atoms with van der Waals surface area (Å²) in [6.45, 7) is 3.01. The van der Waals surface area contributed by atoms with E-state index >= 15 is 0 Å². The predicted octanol–water partition coefficient (Wildman–Crippen LogP) is 3.50. The van der Waals surface area contributed by atoms with Crippen molar-refractivity contribution in [1.29, 1.82) is 0 Å². The molecule has 0 aromatic heterocycles. The molecule has 3 amide bonds. The van der Waals surface area contributed by atoms with E-state index in [0.717, 1.165) is 16.0 Å². The Balaban J connectivity index is 1.54. The fraction of sp³-hybridized carbons (Fsp3) is 0.222. The van der Waals surface area contributed by atoms with Gasteiger partial charge in [-0.25, -0.2) is 4.90 Å². The molecule has 3 aromatic rings. The Hall–Kier alpha value is -4.33. The van der Waals surface area contributed by atoms with Crippen LogP contribution in [0.2, 0.25) is 0 Å². The van der Waals surface area contributed by atoms with Crippen molar-refractivity contribution >= 4 is 29.1 Å². The normalized spacial score (nSPS) is 15.3. The first-order valence-corrected chi connectivity index (χ1v) is 11.2.